The topological polar surface area (TPSA) is 93.9 Å². The van der Waals surface area contributed by atoms with Crippen LogP contribution in [0.3, 0.4) is 0 Å². The second-order valence-corrected chi connectivity index (χ2v) is 7.48. The molecule has 2 aliphatic heterocycles. The molecule has 3 rings (SSSR count). The minimum absolute atomic E-state index is 0.0147. The third-order valence-corrected chi connectivity index (χ3v) is 5.44. The summed E-state index contributed by atoms with van der Waals surface area (Å²) in [5, 5.41) is 4.91. The summed E-state index contributed by atoms with van der Waals surface area (Å²) in [6, 6.07) is -0.0147. The molecule has 7 nitrogen and oxygen atoms in total. The predicted octanol–water partition coefficient (Wildman–Crippen LogP) is 0.691. The Hall–Kier alpha value is -1.80. The number of fused-ring (bicyclic) bond motifs is 1. The Balaban J connectivity index is 1.70. The fraction of sp³-hybridized carbons (Fsp3) is 0.625. The Morgan fingerprint density at radius 1 is 1.38 bits per heavy atom. The van der Waals surface area contributed by atoms with E-state index in [-0.39, 0.29) is 30.3 Å². The van der Waals surface area contributed by atoms with Crippen molar-refractivity contribution in [1.29, 1.82) is 0 Å². The summed E-state index contributed by atoms with van der Waals surface area (Å²) in [5.41, 5.74) is 5.30. The first kappa shape index (κ1) is 17.0. The Kier molecular flexibility index (Phi) is 4.96. The zero-order valence-corrected chi connectivity index (χ0v) is 14.7. The standard InChI is InChI=1S/C16H23N3O4S/c1-9(2)10-5-19(7-13(17)20)6-11(10)18-16(21)15-14-12(8-24-15)22-3-4-23-14/h8-11H,3-7H2,1-2H3,(H2,17,20)(H,18,21)/t10-,11+/m1/s1. The number of hydrogen-bond acceptors (Lipinski definition) is 6. The highest BCUT2D eigenvalue weighted by molar-refractivity contribution is 7.12. The maximum absolute atomic E-state index is 12.7. The first-order chi connectivity index (χ1) is 11.5. The molecule has 2 aliphatic rings. The van der Waals surface area contributed by atoms with E-state index in [2.05, 4.69) is 19.2 Å². The lowest BCUT2D eigenvalue weighted by atomic mass is 9.91. The maximum Gasteiger partial charge on any atom is 0.265 e. The van der Waals surface area contributed by atoms with E-state index in [1.54, 1.807) is 5.38 Å². The molecule has 1 aromatic rings. The zero-order chi connectivity index (χ0) is 17.3. The Morgan fingerprint density at radius 3 is 2.83 bits per heavy atom. The quantitative estimate of drug-likeness (QED) is 0.812. The molecular formula is C16H23N3O4S. The SMILES string of the molecule is CC(C)[C@H]1CN(CC(N)=O)C[C@@H]1NC(=O)c1scc2c1OCCO2. The van der Waals surface area contributed by atoms with Gasteiger partial charge in [0.2, 0.25) is 5.91 Å². The Labute approximate surface area is 145 Å². The van der Waals surface area contributed by atoms with Gasteiger partial charge in [-0.15, -0.1) is 11.3 Å². The number of likely N-dealkylation sites (tertiary alicyclic amines) is 1. The van der Waals surface area contributed by atoms with Crippen molar-refractivity contribution < 1.29 is 19.1 Å². The number of nitrogens with one attached hydrogen (secondary N) is 1. The number of amides is 2. The van der Waals surface area contributed by atoms with E-state index in [0.29, 0.717) is 42.1 Å². The number of carbonyl (C=O) groups is 2. The van der Waals surface area contributed by atoms with Crippen LogP contribution in [0.5, 0.6) is 11.5 Å². The molecule has 0 radical (unpaired) electrons. The van der Waals surface area contributed by atoms with Crippen molar-refractivity contribution >= 4 is 23.2 Å². The molecule has 0 bridgehead atoms. The second-order valence-electron chi connectivity index (χ2n) is 6.60. The van der Waals surface area contributed by atoms with Crippen molar-refractivity contribution in [3.05, 3.63) is 10.3 Å². The van der Waals surface area contributed by atoms with Gasteiger partial charge < -0.3 is 20.5 Å². The molecule has 0 unspecified atom stereocenters. The van der Waals surface area contributed by atoms with E-state index in [9.17, 15) is 9.59 Å². The van der Waals surface area contributed by atoms with Gasteiger partial charge in [0.1, 0.15) is 18.1 Å². The third kappa shape index (κ3) is 3.49. The zero-order valence-electron chi connectivity index (χ0n) is 13.9. The van der Waals surface area contributed by atoms with Gasteiger partial charge in [0, 0.05) is 24.5 Å². The van der Waals surface area contributed by atoms with Gasteiger partial charge in [-0.2, -0.15) is 0 Å². The van der Waals surface area contributed by atoms with Crippen LogP contribution in [0.4, 0.5) is 0 Å². The first-order valence-electron chi connectivity index (χ1n) is 8.14. The number of thiophene rings is 1. The van der Waals surface area contributed by atoms with E-state index in [0.717, 1.165) is 6.54 Å². The predicted molar refractivity (Wildman–Crippen MR) is 90.5 cm³/mol. The number of hydrogen-bond donors (Lipinski definition) is 2. The number of carbonyl (C=O) groups excluding carboxylic acids is 2. The van der Waals surface area contributed by atoms with Crippen LogP contribution in [-0.2, 0) is 4.79 Å². The van der Waals surface area contributed by atoms with Crippen molar-refractivity contribution in [2.24, 2.45) is 17.6 Å². The summed E-state index contributed by atoms with van der Waals surface area (Å²) in [7, 11) is 0. The molecule has 0 aromatic carbocycles. The minimum atomic E-state index is -0.345. The summed E-state index contributed by atoms with van der Waals surface area (Å²) < 4.78 is 11.1. The van der Waals surface area contributed by atoms with Crippen LogP contribution in [-0.4, -0.2) is 55.6 Å². The fourth-order valence-electron chi connectivity index (χ4n) is 3.34. The van der Waals surface area contributed by atoms with Gasteiger partial charge in [-0.25, -0.2) is 0 Å². The average Bonchev–Trinajstić information content (AvgIpc) is 3.10. The lowest BCUT2D eigenvalue weighted by molar-refractivity contribution is -0.118. The van der Waals surface area contributed by atoms with Crippen LogP contribution in [0.15, 0.2) is 5.38 Å². The minimum Gasteiger partial charge on any atom is -0.485 e. The Morgan fingerprint density at radius 2 is 2.12 bits per heavy atom. The molecule has 0 saturated carbocycles. The monoisotopic (exact) mass is 353 g/mol. The highest BCUT2D eigenvalue weighted by Crippen LogP contribution is 2.39. The van der Waals surface area contributed by atoms with Crippen LogP contribution >= 0.6 is 11.3 Å². The molecule has 0 spiro atoms. The molecule has 1 saturated heterocycles. The van der Waals surface area contributed by atoms with Crippen LogP contribution in [0.2, 0.25) is 0 Å². The molecule has 0 aliphatic carbocycles. The van der Waals surface area contributed by atoms with Crippen molar-refractivity contribution in [2.75, 3.05) is 32.8 Å². The van der Waals surface area contributed by atoms with E-state index >= 15 is 0 Å². The van der Waals surface area contributed by atoms with E-state index in [1.807, 2.05) is 4.90 Å². The number of rotatable bonds is 5. The molecule has 2 atom stereocenters. The molecule has 2 amide bonds. The largest absolute Gasteiger partial charge is 0.485 e. The molecule has 1 aromatic heterocycles. The summed E-state index contributed by atoms with van der Waals surface area (Å²) in [6.45, 7) is 6.82. The summed E-state index contributed by atoms with van der Waals surface area (Å²) in [4.78, 5) is 26.4. The molecule has 1 fully saturated rings. The lowest BCUT2D eigenvalue weighted by Gasteiger charge is -2.23. The van der Waals surface area contributed by atoms with Gasteiger partial charge in [-0.1, -0.05) is 13.8 Å². The number of nitrogens with two attached hydrogens (primary N) is 1. The molecule has 3 heterocycles. The van der Waals surface area contributed by atoms with Crippen molar-refractivity contribution in [2.45, 2.75) is 19.9 Å². The van der Waals surface area contributed by atoms with Crippen LogP contribution in [0, 0.1) is 11.8 Å². The van der Waals surface area contributed by atoms with E-state index < -0.39 is 0 Å². The van der Waals surface area contributed by atoms with Crippen LogP contribution in [0.1, 0.15) is 23.5 Å². The highest BCUT2D eigenvalue weighted by atomic mass is 32.1. The van der Waals surface area contributed by atoms with Gasteiger partial charge in [0.05, 0.1) is 6.54 Å². The van der Waals surface area contributed by atoms with Crippen molar-refractivity contribution in [3.8, 4) is 11.5 Å². The maximum atomic E-state index is 12.7. The van der Waals surface area contributed by atoms with Crippen LogP contribution in [0.25, 0.3) is 0 Å². The van der Waals surface area contributed by atoms with Crippen molar-refractivity contribution in [1.82, 2.24) is 10.2 Å². The highest BCUT2D eigenvalue weighted by Gasteiger charge is 2.37. The normalized spacial score (nSPS) is 23.5. The van der Waals surface area contributed by atoms with E-state index in [1.165, 1.54) is 11.3 Å². The smallest absolute Gasteiger partial charge is 0.265 e. The van der Waals surface area contributed by atoms with Gasteiger partial charge >= 0.3 is 0 Å². The summed E-state index contributed by atoms with van der Waals surface area (Å²) in [6.07, 6.45) is 0. The molecular weight excluding hydrogens is 330 g/mol. The van der Waals surface area contributed by atoms with Gasteiger partial charge in [-0.05, 0) is 11.8 Å². The summed E-state index contributed by atoms with van der Waals surface area (Å²) >= 11 is 1.33. The Bertz CT molecular complexity index is 631. The third-order valence-electron chi connectivity index (χ3n) is 4.50. The van der Waals surface area contributed by atoms with Gasteiger partial charge in [0.15, 0.2) is 11.5 Å². The molecule has 24 heavy (non-hydrogen) atoms. The molecule has 8 heteroatoms. The number of primary amides is 1. The van der Waals surface area contributed by atoms with Crippen LogP contribution < -0.4 is 20.5 Å². The van der Waals surface area contributed by atoms with Gasteiger partial charge in [-0.3, -0.25) is 14.5 Å². The summed E-state index contributed by atoms with van der Waals surface area (Å²) in [5.74, 6) is 1.35. The fourth-order valence-corrected chi connectivity index (χ4v) is 4.18. The number of ether oxygens (including phenoxy) is 2. The second kappa shape index (κ2) is 6.98. The molecule has 132 valence electrons. The van der Waals surface area contributed by atoms with Crippen molar-refractivity contribution in [3.63, 3.8) is 0 Å². The molecule has 3 N–H and O–H groups in total. The van der Waals surface area contributed by atoms with E-state index in [4.69, 9.17) is 15.2 Å². The number of nitrogens with zero attached hydrogens (tertiary/aromatic N) is 1. The first-order valence-corrected chi connectivity index (χ1v) is 9.02. The average molecular weight is 353 g/mol. The lowest BCUT2D eigenvalue weighted by Crippen LogP contribution is -2.42. The van der Waals surface area contributed by atoms with Gasteiger partial charge in [0.25, 0.3) is 5.91 Å².